The highest BCUT2D eigenvalue weighted by molar-refractivity contribution is 5.56. The smallest absolute Gasteiger partial charge is 0.275 e. The highest BCUT2D eigenvalue weighted by atomic mass is 16.6. The normalized spacial score (nSPS) is 11.1. The predicted molar refractivity (Wildman–Crippen MR) is 72.2 cm³/mol. The lowest BCUT2D eigenvalue weighted by molar-refractivity contribution is -0.384. The second-order valence-electron chi connectivity index (χ2n) is 5.05. The van der Waals surface area contributed by atoms with E-state index in [-0.39, 0.29) is 11.1 Å². The van der Waals surface area contributed by atoms with Gasteiger partial charge in [0, 0.05) is 24.4 Å². The van der Waals surface area contributed by atoms with Gasteiger partial charge in [0.05, 0.1) is 18.1 Å². The summed E-state index contributed by atoms with van der Waals surface area (Å²) in [5, 5.41) is 14.0. The second-order valence-corrected chi connectivity index (χ2v) is 5.05. The van der Waals surface area contributed by atoms with E-state index in [1.54, 1.807) is 6.07 Å². The summed E-state index contributed by atoms with van der Waals surface area (Å²) in [4.78, 5) is 10.4. The summed E-state index contributed by atoms with van der Waals surface area (Å²) in [5.74, 6) is 0.487. The molecule has 0 amide bonds. The third-order valence-electron chi connectivity index (χ3n) is 3.07. The van der Waals surface area contributed by atoms with Gasteiger partial charge in [-0.05, 0) is 11.8 Å². The molecule has 1 aromatic carbocycles. The van der Waals surface area contributed by atoms with E-state index in [1.165, 1.54) is 19.2 Å². The van der Waals surface area contributed by atoms with Crippen molar-refractivity contribution in [2.45, 2.75) is 27.2 Å². The number of nitrogens with one attached hydrogen (secondary N) is 1. The molecule has 0 unspecified atom stereocenters. The van der Waals surface area contributed by atoms with Crippen LogP contribution in [0.4, 0.5) is 11.4 Å². The van der Waals surface area contributed by atoms with Gasteiger partial charge >= 0.3 is 0 Å². The Balaban J connectivity index is 2.88. The summed E-state index contributed by atoms with van der Waals surface area (Å²) in [6.07, 6.45) is 1.03. The molecule has 0 aliphatic rings. The Morgan fingerprint density at radius 2 is 2.06 bits per heavy atom. The van der Waals surface area contributed by atoms with E-state index < -0.39 is 4.92 Å². The van der Waals surface area contributed by atoms with Crippen LogP contribution in [-0.4, -0.2) is 18.6 Å². The molecule has 0 atom stereocenters. The predicted octanol–water partition coefficient (Wildman–Crippen LogP) is 3.45. The number of nitro groups is 1. The fraction of sp³-hybridized carbons (Fsp3) is 0.538. The van der Waals surface area contributed by atoms with Crippen LogP contribution >= 0.6 is 0 Å². The third-order valence-corrected chi connectivity index (χ3v) is 3.07. The molecule has 0 saturated heterocycles. The van der Waals surface area contributed by atoms with Gasteiger partial charge in [0.25, 0.3) is 5.69 Å². The van der Waals surface area contributed by atoms with E-state index in [4.69, 9.17) is 4.74 Å². The number of methoxy groups -OCH3 is 1. The number of rotatable bonds is 6. The Hall–Kier alpha value is -1.78. The minimum absolute atomic E-state index is 0.0335. The van der Waals surface area contributed by atoms with Gasteiger partial charge in [0.15, 0.2) is 0 Å². The lowest BCUT2D eigenvalue weighted by Gasteiger charge is -2.23. The van der Waals surface area contributed by atoms with E-state index in [0.717, 1.165) is 13.0 Å². The van der Waals surface area contributed by atoms with E-state index in [1.807, 2.05) is 0 Å². The van der Waals surface area contributed by atoms with Crippen molar-refractivity contribution in [2.75, 3.05) is 19.0 Å². The van der Waals surface area contributed by atoms with Crippen molar-refractivity contribution in [2.24, 2.45) is 5.41 Å². The van der Waals surface area contributed by atoms with Crippen LogP contribution in [0, 0.1) is 15.5 Å². The van der Waals surface area contributed by atoms with Crippen molar-refractivity contribution in [3.63, 3.8) is 0 Å². The van der Waals surface area contributed by atoms with Gasteiger partial charge in [-0.1, -0.05) is 20.8 Å². The van der Waals surface area contributed by atoms with Crippen LogP contribution in [0.15, 0.2) is 18.2 Å². The molecule has 5 heteroatoms. The van der Waals surface area contributed by atoms with Crippen molar-refractivity contribution in [1.82, 2.24) is 0 Å². The number of hydrogen-bond donors (Lipinski definition) is 1. The van der Waals surface area contributed by atoms with Crippen LogP contribution in [0.1, 0.15) is 27.2 Å². The fourth-order valence-electron chi connectivity index (χ4n) is 1.37. The summed E-state index contributed by atoms with van der Waals surface area (Å²) >= 11 is 0. The first-order valence-corrected chi connectivity index (χ1v) is 5.95. The van der Waals surface area contributed by atoms with Crippen LogP contribution in [-0.2, 0) is 0 Å². The van der Waals surface area contributed by atoms with Crippen LogP contribution in [0.5, 0.6) is 5.75 Å². The number of nitro benzene ring substituents is 1. The SMILES string of the molecule is CCC(C)(C)CNc1cc(OC)cc([N+](=O)[O-])c1. The first kappa shape index (κ1) is 14.3. The number of hydrogen-bond acceptors (Lipinski definition) is 4. The maximum absolute atomic E-state index is 10.8. The number of anilines is 1. The average Bonchev–Trinajstić information content (AvgIpc) is 2.36. The van der Waals surface area contributed by atoms with Crippen LogP contribution < -0.4 is 10.1 Å². The molecule has 0 bridgehead atoms. The number of nitrogens with zero attached hydrogens (tertiary/aromatic N) is 1. The molecular formula is C13H20N2O3. The topological polar surface area (TPSA) is 64.4 Å². The van der Waals surface area contributed by atoms with Crippen LogP contribution in [0.3, 0.4) is 0 Å². The van der Waals surface area contributed by atoms with Gasteiger partial charge in [-0.2, -0.15) is 0 Å². The minimum atomic E-state index is -0.418. The summed E-state index contributed by atoms with van der Waals surface area (Å²) in [6.45, 7) is 7.17. The van der Waals surface area contributed by atoms with E-state index in [2.05, 4.69) is 26.1 Å². The molecule has 0 spiro atoms. The largest absolute Gasteiger partial charge is 0.496 e. The fourth-order valence-corrected chi connectivity index (χ4v) is 1.37. The highest BCUT2D eigenvalue weighted by Gasteiger charge is 2.16. The lowest BCUT2D eigenvalue weighted by Crippen LogP contribution is -2.22. The molecule has 0 fully saturated rings. The zero-order valence-electron chi connectivity index (χ0n) is 11.3. The van der Waals surface area contributed by atoms with Gasteiger partial charge < -0.3 is 10.1 Å². The Labute approximate surface area is 107 Å². The lowest BCUT2D eigenvalue weighted by atomic mass is 9.90. The first-order chi connectivity index (χ1) is 8.38. The quantitative estimate of drug-likeness (QED) is 0.622. The van der Waals surface area contributed by atoms with E-state index in [9.17, 15) is 10.1 Å². The Morgan fingerprint density at radius 3 is 2.56 bits per heavy atom. The Morgan fingerprint density at radius 1 is 1.39 bits per heavy atom. The molecule has 1 aromatic rings. The maximum Gasteiger partial charge on any atom is 0.275 e. The van der Waals surface area contributed by atoms with E-state index >= 15 is 0 Å². The molecule has 0 radical (unpaired) electrons. The standard InChI is InChI=1S/C13H20N2O3/c1-5-13(2,3)9-14-10-6-11(15(16)17)8-12(7-10)18-4/h6-8,14H,5,9H2,1-4H3. The van der Waals surface area contributed by atoms with Gasteiger partial charge in [-0.15, -0.1) is 0 Å². The van der Waals surface area contributed by atoms with Crippen molar-refractivity contribution < 1.29 is 9.66 Å². The van der Waals surface area contributed by atoms with Crippen molar-refractivity contribution in [3.05, 3.63) is 28.3 Å². The number of ether oxygens (including phenoxy) is 1. The number of non-ortho nitro benzene ring substituents is 1. The molecular weight excluding hydrogens is 232 g/mol. The molecule has 0 heterocycles. The molecule has 100 valence electrons. The number of benzene rings is 1. The average molecular weight is 252 g/mol. The molecule has 0 saturated carbocycles. The third kappa shape index (κ3) is 3.91. The molecule has 0 aliphatic carbocycles. The Kier molecular flexibility index (Phi) is 4.53. The monoisotopic (exact) mass is 252 g/mol. The zero-order chi connectivity index (χ0) is 13.8. The van der Waals surface area contributed by atoms with Gasteiger partial charge in [0.1, 0.15) is 5.75 Å². The van der Waals surface area contributed by atoms with Crippen molar-refractivity contribution in [3.8, 4) is 5.75 Å². The molecule has 0 aliphatic heterocycles. The summed E-state index contributed by atoms with van der Waals surface area (Å²) in [5.41, 5.74) is 0.895. The summed E-state index contributed by atoms with van der Waals surface area (Å²) in [6, 6.07) is 4.70. The molecule has 1 rings (SSSR count). The summed E-state index contributed by atoms with van der Waals surface area (Å²) < 4.78 is 5.06. The van der Waals surface area contributed by atoms with Crippen molar-refractivity contribution >= 4 is 11.4 Å². The first-order valence-electron chi connectivity index (χ1n) is 5.95. The van der Waals surface area contributed by atoms with Crippen molar-refractivity contribution in [1.29, 1.82) is 0 Å². The van der Waals surface area contributed by atoms with Crippen LogP contribution in [0.2, 0.25) is 0 Å². The molecule has 18 heavy (non-hydrogen) atoms. The van der Waals surface area contributed by atoms with Gasteiger partial charge in [-0.25, -0.2) is 0 Å². The molecule has 1 N–H and O–H groups in total. The summed E-state index contributed by atoms with van der Waals surface area (Å²) in [7, 11) is 1.50. The Bertz CT molecular complexity index is 430. The van der Waals surface area contributed by atoms with E-state index in [0.29, 0.717) is 11.4 Å². The minimum Gasteiger partial charge on any atom is -0.496 e. The second kappa shape index (κ2) is 5.71. The van der Waals surface area contributed by atoms with Gasteiger partial charge in [-0.3, -0.25) is 10.1 Å². The zero-order valence-corrected chi connectivity index (χ0v) is 11.3. The maximum atomic E-state index is 10.8. The highest BCUT2D eigenvalue weighted by Crippen LogP contribution is 2.27. The van der Waals surface area contributed by atoms with Gasteiger partial charge in [0.2, 0.25) is 0 Å². The molecule has 0 aromatic heterocycles. The van der Waals surface area contributed by atoms with Crippen LogP contribution in [0.25, 0.3) is 0 Å². The molecule has 5 nitrogen and oxygen atoms in total.